The molecule has 2 N–H and O–H groups in total. The topological polar surface area (TPSA) is 75.7 Å². The van der Waals surface area contributed by atoms with E-state index in [0.717, 1.165) is 78.6 Å². The average molecular weight is 681 g/mol. The summed E-state index contributed by atoms with van der Waals surface area (Å²) in [5, 5.41) is 8.49. The van der Waals surface area contributed by atoms with Gasteiger partial charge in [-0.3, -0.25) is 0 Å². The lowest BCUT2D eigenvalue weighted by Crippen LogP contribution is -2.36. The Bertz CT molecular complexity index is 1290. The number of nitrogens with two attached hydrogens (primary N) is 1. The Labute approximate surface area is 259 Å². The third kappa shape index (κ3) is 10.9. The van der Waals surface area contributed by atoms with E-state index in [1.165, 1.54) is 11.4 Å². The molecule has 4 aromatic carbocycles. The molecule has 2 heterocycles. The summed E-state index contributed by atoms with van der Waals surface area (Å²) in [6.45, 7) is 7.23. The maximum absolute atomic E-state index is 5.41. The highest BCUT2D eigenvalue weighted by Crippen LogP contribution is 2.23. The SMILES string of the molecule is Brc1ccc(N=Nc2ccc(N3CCOCC3)cc2)cc1.Nc1ccc(Br)cc1.c1ccc(N2CCOCC2)cc1. The second-order valence-corrected chi connectivity index (χ2v) is 11.1. The standard InChI is InChI=1S/C16H16BrN3O.C10H13NO.C6H6BrN/c17-13-1-3-14(4-2-13)18-19-15-5-7-16(8-6-15)20-9-11-21-12-10-20;1-2-4-10(5-3-1)11-6-8-12-9-7-11;7-5-1-3-6(8)4-2-5/h1-8H,9-12H2;1-5H,6-9H2;1-4H,8H2. The number of anilines is 3. The molecular formula is C32H35Br2N5O2. The number of benzene rings is 4. The minimum absolute atomic E-state index is 0.797. The van der Waals surface area contributed by atoms with E-state index in [1.807, 2.05) is 66.7 Å². The zero-order chi connectivity index (χ0) is 28.7. The molecule has 2 fully saturated rings. The van der Waals surface area contributed by atoms with Gasteiger partial charge in [0.15, 0.2) is 0 Å². The molecule has 0 atom stereocenters. The van der Waals surface area contributed by atoms with E-state index in [0.29, 0.717) is 0 Å². The second kappa shape index (κ2) is 16.9. The van der Waals surface area contributed by atoms with E-state index in [2.05, 4.69) is 88.3 Å². The van der Waals surface area contributed by atoms with Gasteiger partial charge in [0, 0.05) is 52.2 Å². The molecule has 2 saturated heterocycles. The van der Waals surface area contributed by atoms with Crippen molar-refractivity contribution in [2.75, 3.05) is 68.1 Å². The molecule has 0 aliphatic carbocycles. The zero-order valence-corrected chi connectivity index (χ0v) is 26.1. The Morgan fingerprint density at radius 1 is 0.512 bits per heavy atom. The molecule has 0 amide bonds. The highest BCUT2D eigenvalue weighted by Gasteiger charge is 2.11. The molecule has 0 bridgehead atoms. The van der Waals surface area contributed by atoms with Gasteiger partial charge in [-0.25, -0.2) is 0 Å². The maximum Gasteiger partial charge on any atom is 0.0858 e. The van der Waals surface area contributed by atoms with Crippen molar-refractivity contribution in [3.05, 3.63) is 112 Å². The normalized spacial score (nSPS) is 15.0. The molecule has 41 heavy (non-hydrogen) atoms. The predicted molar refractivity (Wildman–Crippen MR) is 176 cm³/mol. The van der Waals surface area contributed by atoms with E-state index < -0.39 is 0 Å². The smallest absolute Gasteiger partial charge is 0.0858 e. The molecule has 2 aliphatic heterocycles. The fourth-order valence-electron chi connectivity index (χ4n) is 4.10. The summed E-state index contributed by atoms with van der Waals surface area (Å²) >= 11 is 6.69. The molecule has 0 unspecified atom stereocenters. The van der Waals surface area contributed by atoms with Gasteiger partial charge in [-0.15, -0.1) is 0 Å². The van der Waals surface area contributed by atoms with Crippen molar-refractivity contribution in [2.24, 2.45) is 10.2 Å². The zero-order valence-electron chi connectivity index (χ0n) is 22.9. The van der Waals surface area contributed by atoms with Crippen LogP contribution in [0.25, 0.3) is 0 Å². The number of nitrogen functional groups attached to an aromatic ring is 1. The lowest BCUT2D eigenvalue weighted by molar-refractivity contribution is 0.122. The van der Waals surface area contributed by atoms with Gasteiger partial charge in [0.1, 0.15) is 0 Å². The fourth-order valence-corrected chi connectivity index (χ4v) is 4.63. The maximum atomic E-state index is 5.41. The van der Waals surface area contributed by atoms with Crippen molar-refractivity contribution < 1.29 is 9.47 Å². The van der Waals surface area contributed by atoms with Crippen LogP contribution in [0.2, 0.25) is 0 Å². The Morgan fingerprint density at radius 3 is 1.34 bits per heavy atom. The van der Waals surface area contributed by atoms with Gasteiger partial charge >= 0.3 is 0 Å². The van der Waals surface area contributed by atoms with Crippen molar-refractivity contribution in [2.45, 2.75) is 0 Å². The van der Waals surface area contributed by atoms with Gasteiger partial charge in [0.2, 0.25) is 0 Å². The minimum Gasteiger partial charge on any atom is -0.399 e. The molecule has 9 heteroatoms. The van der Waals surface area contributed by atoms with Crippen LogP contribution in [-0.4, -0.2) is 52.6 Å². The van der Waals surface area contributed by atoms with Gasteiger partial charge < -0.3 is 25.0 Å². The summed E-state index contributed by atoms with van der Waals surface area (Å²) < 4.78 is 12.7. The van der Waals surface area contributed by atoms with Crippen LogP contribution in [0.15, 0.2) is 122 Å². The van der Waals surface area contributed by atoms with E-state index in [9.17, 15) is 0 Å². The van der Waals surface area contributed by atoms with Crippen LogP contribution in [0.3, 0.4) is 0 Å². The number of hydrogen-bond donors (Lipinski definition) is 1. The highest BCUT2D eigenvalue weighted by atomic mass is 79.9. The van der Waals surface area contributed by atoms with Crippen LogP contribution < -0.4 is 15.5 Å². The van der Waals surface area contributed by atoms with Crippen molar-refractivity contribution in [1.82, 2.24) is 0 Å². The van der Waals surface area contributed by atoms with Gasteiger partial charge in [0.05, 0.1) is 37.8 Å². The molecule has 2 aliphatic rings. The Balaban J connectivity index is 0.000000162. The molecular weight excluding hydrogens is 646 g/mol. The summed E-state index contributed by atoms with van der Waals surface area (Å²) in [6.07, 6.45) is 0. The molecule has 6 rings (SSSR count). The summed E-state index contributed by atoms with van der Waals surface area (Å²) in [6, 6.07) is 33.9. The lowest BCUT2D eigenvalue weighted by Gasteiger charge is -2.28. The van der Waals surface area contributed by atoms with Crippen LogP contribution in [0.4, 0.5) is 28.4 Å². The number of morpholine rings is 2. The molecule has 7 nitrogen and oxygen atoms in total. The number of para-hydroxylation sites is 1. The van der Waals surface area contributed by atoms with E-state index in [-0.39, 0.29) is 0 Å². The first-order valence-electron chi connectivity index (χ1n) is 13.6. The summed E-state index contributed by atoms with van der Waals surface area (Å²) in [5.74, 6) is 0. The monoisotopic (exact) mass is 679 g/mol. The van der Waals surface area contributed by atoms with Crippen molar-refractivity contribution >= 4 is 60.3 Å². The van der Waals surface area contributed by atoms with Crippen molar-refractivity contribution in [3.63, 3.8) is 0 Å². The van der Waals surface area contributed by atoms with Gasteiger partial charge in [-0.05, 0) is 84.9 Å². The van der Waals surface area contributed by atoms with Crippen LogP contribution >= 0.6 is 31.9 Å². The van der Waals surface area contributed by atoms with Gasteiger partial charge in [-0.2, -0.15) is 10.2 Å². The highest BCUT2D eigenvalue weighted by molar-refractivity contribution is 9.10. The first-order chi connectivity index (χ1) is 20.1. The molecule has 0 spiro atoms. The minimum atomic E-state index is 0.797. The number of azo groups is 1. The van der Waals surface area contributed by atoms with Crippen LogP contribution in [0.1, 0.15) is 0 Å². The molecule has 214 valence electrons. The van der Waals surface area contributed by atoms with Gasteiger partial charge in [-0.1, -0.05) is 50.1 Å². The summed E-state index contributed by atoms with van der Waals surface area (Å²) in [7, 11) is 0. The fraction of sp³-hybridized carbons (Fsp3) is 0.250. The van der Waals surface area contributed by atoms with E-state index in [1.54, 1.807) is 0 Å². The van der Waals surface area contributed by atoms with Crippen LogP contribution in [0, 0.1) is 0 Å². The number of nitrogens with zero attached hydrogens (tertiary/aromatic N) is 4. The third-order valence-corrected chi connectivity index (χ3v) is 7.39. The van der Waals surface area contributed by atoms with Crippen LogP contribution in [-0.2, 0) is 9.47 Å². The molecule has 4 aromatic rings. The molecule has 0 radical (unpaired) electrons. The van der Waals surface area contributed by atoms with E-state index >= 15 is 0 Å². The van der Waals surface area contributed by atoms with Gasteiger partial charge in [0.25, 0.3) is 0 Å². The van der Waals surface area contributed by atoms with Crippen LogP contribution in [0.5, 0.6) is 0 Å². The molecule has 0 saturated carbocycles. The average Bonchev–Trinajstić information content (AvgIpc) is 3.04. The largest absolute Gasteiger partial charge is 0.399 e. The summed E-state index contributed by atoms with van der Waals surface area (Å²) in [4.78, 5) is 4.67. The number of hydrogen-bond acceptors (Lipinski definition) is 7. The van der Waals surface area contributed by atoms with Crippen molar-refractivity contribution in [3.8, 4) is 0 Å². The van der Waals surface area contributed by atoms with E-state index in [4.69, 9.17) is 15.2 Å². The Morgan fingerprint density at radius 2 is 0.902 bits per heavy atom. The van der Waals surface area contributed by atoms with Crippen molar-refractivity contribution in [1.29, 1.82) is 0 Å². The summed E-state index contributed by atoms with van der Waals surface area (Å²) in [5.41, 5.74) is 10.4. The number of ether oxygens (including phenoxy) is 2. The predicted octanol–water partition coefficient (Wildman–Crippen LogP) is 8.26. The molecule has 0 aromatic heterocycles. The lowest BCUT2D eigenvalue weighted by atomic mass is 10.2. The first-order valence-corrected chi connectivity index (χ1v) is 15.1. The first kappa shape index (κ1) is 30.7. The third-order valence-electron chi connectivity index (χ3n) is 6.34. The Kier molecular flexibility index (Phi) is 12.7. The number of halogens is 2. The quantitative estimate of drug-likeness (QED) is 0.174. The Hall–Kier alpha value is -3.24. The second-order valence-electron chi connectivity index (χ2n) is 9.28. The number of rotatable bonds is 4.